The standard InChI is InChI=1S/C15H22N2OS/c1-4-13(10-19-3)17-14(18)9-16-15(17)12-7-5-11(2)6-8-12/h5-8,13,15-16H,4,9-10H2,1-3H3. The highest BCUT2D eigenvalue weighted by atomic mass is 32.2. The van der Waals surface area contributed by atoms with Crippen molar-refractivity contribution < 1.29 is 4.79 Å². The number of carbonyl (C=O) groups excluding carboxylic acids is 1. The van der Waals surface area contributed by atoms with Gasteiger partial charge in [-0.2, -0.15) is 11.8 Å². The lowest BCUT2D eigenvalue weighted by Crippen LogP contribution is -2.40. The van der Waals surface area contributed by atoms with Crippen molar-refractivity contribution >= 4 is 17.7 Å². The molecule has 104 valence electrons. The fourth-order valence-corrected chi connectivity index (χ4v) is 3.33. The summed E-state index contributed by atoms with van der Waals surface area (Å²) in [4.78, 5) is 14.2. The summed E-state index contributed by atoms with van der Waals surface area (Å²) in [6, 6.07) is 8.75. The zero-order valence-electron chi connectivity index (χ0n) is 11.8. The van der Waals surface area contributed by atoms with Gasteiger partial charge in [0.2, 0.25) is 5.91 Å². The highest BCUT2D eigenvalue weighted by Gasteiger charge is 2.35. The number of aryl methyl sites for hydroxylation is 1. The molecule has 0 saturated carbocycles. The lowest BCUT2D eigenvalue weighted by molar-refractivity contribution is -0.130. The van der Waals surface area contributed by atoms with E-state index in [2.05, 4.69) is 49.7 Å². The van der Waals surface area contributed by atoms with E-state index in [0.29, 0.717) is 12.6 Å². The highest BCUT2D eigenvalue weighted by Crippen LogP contribution is 2.27. The van der Waals surface area contributed by atoms with Gasteiger partial charge >= 0.3 is 0 Å². The van der Waals surface area contributed by atoms with Gasteiger partial charge in [-0.1, -0.05) is 36.8 Å². The quantitative estimate of drug-likeness (QED) is 0.898. The number of hydrogen-bond donors (Lipinski definition) is 1. The Bertz CT molecular complexity index is 432. The number of nitrogens with one attached hydrogen (secondary N) is 1. The van der Waals surface area contributed by atoms with Crippen molar-refractivity contribution in [3.8, 4) is 0 Å². The number of amides is 1. The lowest BCUT2D eigenvalue weighted by atomic mass is 10.1. The zero-order valence-corrected chi connectivity index (χ0v) is 12.7. The summed E-state index contributed by atoms with van der Waals surface area (Å²) in [5.74, 6) is 1.21. The van der Waals surface area contributed by atoms with E-state index in [1.165, 1.54) is 11.1 Å². The summed E-state index contributed by atoms with van der Waals surface area (Å²) in [6.07, 6.45) is 3.12. The van der Waals surface area contributed by atoms with Gasteiger partial charge in [0, 0.05) is 11.8 Å². The van der Waals surface area contributed by atoms with Crippen molar-refractivity contribution in [3.05, 3.63) is 35.4 Å². The van der Waals surface area contributed by atoms with Crippen LogP contribution in [0.15, 0.2) is 24.3 Å². The molecule has 0 bridgehead atoms. The van der Waals surface area contributed by atoms with Crippen LogP contribution in [0.25, 0.3) is 0 Å². The molecule has 1 N–H and O–H groups in total. The minimum Gasteiger partial charge on any atom is -0.318 e. The Labute approximate surface area is 119 Å². The summed E-state index contributed by atoms with van der Waals surface area (Å²) >= 11 is 1.80. The molecule has 2 unspecified atom stereocenters. The van der Waals surface area contributed by atoms with Crippen LogP contribution < -0.4 is 5.32 Å². The van der Waals surface area contributed by atoms with E-state index >= 15 is 0 Å². The van der Waals surface area contributed by atoms with Crippen LogP contribution in [-0.2, 0) is 4.79 Å². The normalized spacial score (nSPS) is 20.9. The molecule has 0 aromatic heterocycles. The molecule has 1 aliphatic heterocycles. The van der Waals surface area contributed by atoms with Crippen LogP contribution in [-0.4, -0.2) is 35.4 Å². The molecule has 3 nitrogen and oxygen atoms in total. The number of nitrogens with zero attached hydrogens (tertiary/aromatic N) is 1. The molecule has 19 heavy (non-hydrogen) atoms. The second-order valence-electron chi connectivity index (χ2n) is 5.01. The second kappa shape index (κ2) is 6.44. The van der Waals surface area contributed by atoms with Gasteiger partial charge in [0.05, 0.1) is 6.54 Å². The molecule has 1 fully saturated rings. The average molecular weight is 278 g/mol. The zero-order chi connectivity index (χ0) is 13.8. The minimum atomic E-state index is 0.0326. The third-order valence-corrected chi connectivity index (χ3v) is 4.35. The SMILES string of the molecule is CCC(CSC)N1C(=O)CNC1c1ccc(C)cc1. The van der Waals surface area contributed by atoms with Crippen molar-refractivity contribution in [2.24, 2.45) is 0 Å². The molecule has 2 atom stereocenters. The van der Waals surface area contributed by atoms with E-state index in [4.69, 9.17) is 0 Å². The number of rotatable bonds is 5. The van der Waals surface area contributed by atoms with Crippen LogP contribution in [0.4, 0.5) is 0 Å². The summed E-state index contributed by atoms with van der Waals surface area (Å²) in [5.41, 5.74) is 2.42. The smallest absolute Gasteiger partial charge is 0.238 e. The van der Waals surface area contributed by atoms with Crippen molar-refractivity contribution in [3.63, 3.8) is 0 Å². The third-order valence-electron chi connectivity index (χ3n) is 3.63. The van der Waals surface area contributed by atoms with Crippen LogP contribution in [0.5, 0.6) is 0 Å². The van der Waals surface area contributed by atoms with Gasteiger partial charge in [-0.05, 0) is 25.2 Å². The number of thioether (sulfide) groups is 1. The average Bonchev–Trinajstić information content (AvgIpc) is 2.79. The largest absolute Gasteiger partial charge is 0.318 e. The number of hydrogen-bond acceptors (Lipinski definition) is 3. The fraction of sp³-hybridized carbons (Fsp3) is 0.533. The van der Waals surface area contributed by atoms with E-state index in [1.807, 2.05) is 4.90 Å². The molecule has 1 amide bonds. The molecule has 1 heterocycles. The van der Waals surface area contributed by atoms with Crippen LogP contribution >= 0.6 is 11.8 Å². The Hall–Kier alpha value is -1.00. The summed E-state index contributed by atoms with van der Waals surface area (Å²) in [7, 11) is 0. The molecule has 2 rings (SSSR count). The van der Waals surface area contributed by atoms with Crippen molar-refractivity contribution in [2.75, 3.05) is 18.6 Å². The monoisotopic (exact) mass is 278 g/mol. The molecule has 1 aromatic rings. The Balaban J connectivity index is 2.23. The maximum absolute atomic E-state index is 12.2. The molecular weight excluding hydrogens is 256 g/mol. The van der Waals surface area contributed by atoms with E-state index < -0.39 is 0 Å². The first-order valence-electron chi connectivity index (χ1n) is 6.77. The number of benzene rings is 1. The molecule has 1 aromatic carbocycles. The van der Waals surface area contributed by atoms with E-state index in [1.54, 1.807) is 11.8 Å². The van der Waals surface area contributed by atoms with Crippen LogP contribution in [0.3, 0.4) is 0 Å². The van der Waals surface area contributed by atoms with Crippen LogP contribution in [0.2, 0.25) is 0 Å². The van der Waals surface area contributed by atoms with Crippen molar-refractivity contribution in [2.45, 2.75) is 32.5 Å². The minimum absolute atomic E-state index is 0.0326. The molecule has 0 aliphatic carbocycles. The predicted molar refractivity (Wildman–Crippen MR) is 81.2 cm³/mol. The van der Waals surface area contributed by atoms with E-state index in [0.717, 1.165) is 12.2 Å². The summed E-state index contributed by atoms with van der Waals surface area (Å²) < 4.78 is 0. The van der Waals surface area contributed by atoms with Gasteiger partial charge in [-0.15, -0.1) is 0 Å². The first-order chi connectivity index (χ1) is 9.17. The van der Waals surface area contributed by atoms with Gasteiger partial charge in [-0.25, -0.2) is 0 Å². The number of carbonyl (C=O) groups is 1. The van der Waals surface area contributed by atoms with Gasteiger partial charge in [0.25, 0.3) is 0 Å². The van der Waals surface area contributed by atoms with Crippen molar-refractivity contribution in [1.29, 1.82) is 0 Å². The second-order valence-corrected chi connectivity index (χ2v) is 5.92. The van der Waals surface area contributed by atoms with Gasteiger partial charge in [-0.3, -0.25) is 10.1 Å². The molecule has 0 spiro atoms. The van der Waals surface area contributed by atoms with Crippen molar-refractivity contribution in [1.82, 2.24) is 10.2 Å². The highest BCUT2D eigenvalue weighted by molar-refractivity contribution is 7.98. The molecule has 1 saturated heterocycles. The Kier molecular flexibility index (Phi) is 4.88. The topological polar surface area (TPSA) is 32.3 Å². The van der Waals surface area contributed by atoms with Crippen LogP contribution in [0, 0.1) is 6.92 Å². The first-order valence-corrected chi connectivity index (χ1v) is 8.16. The fourth-order valence-electron chi connectivity index (χ4n) is 2.55. The maximum Gasteiger partial charge on any atom is 0.238 e. The van der Waals surface area contributed by atoms with Gasteiger partial charge in [0.1, 0.15) is 6.17 Å². The van der Waals surface area contributed by atoms with E-state index in [9.17, 15) is 4.79 Å². The Morgan fingerprint density at radius 3 is 2.68 bits per heavy atom. The molecule has 4 heteroatoms. The maximum atomic E-state index is 12.2. The summed E-state index contributed by atoms with van der Waals surface area (Å²) in [6.45, 7) is 4.68. The molecule has 1 aliphatic rings. The Morgan fingerprint density at radius 2 is 2.11 bits per heavy atom. The van der Waals surface area contributed by atoms with Gasteiger partial charge < -0.3 is 4.90 Å². The molecular formula is C15H22N2OS. The predicted octanol–water partition coefficient (Wildman–Crippen LogP) is 2.57. The van der Waals surface area contributed by atoms with E-state index in [-0.39, 0.29) is 12.1 Å². The summed E-state index contributed by atoms with van der Waals surface area (Å²) in [5, 5.41) is 3.33. The first kappa shape index (κ1) is 14.4. The Morgan fingerprint density at radius 1 is 1.42 bits per heavy atom. The third kappa shape index (κ3) is 3.12. The lowest BCUT2D eigenvalue weighted by Gasteiger charge is -2.32. The van der Waals surface area contributed by atoms with Crippen LogP contribution in [0.1, 0.15) is 30.6 Å². The molecule has 0 radical (unpaired) electrons. The van der Waals surface area contributed by atoms with Gasteiger partial charge in [0.15, 0.2) is 0 Å².